The molecule has 0 aromatic carbocycles. The van der Waals surface area contributed by atoms with E-state index in [1.165, 1.54) is 30.4 Å². The second kappa shape index (κ2) is 8.21. The fraction of sp³-hybridized carbons (Fsp3) is 0.353. The Morgan fingerprint density at radius 3 is 2.64 bits per heavy atom. The first-order valence-electron chi connectivity index (χ1n) is 7.97. The molecule has 2 aromatic heterocycles. The van der Waals surface area contributed by atoms with Crippen LogP contribution in [0.1, 0.15) is 31.4 Å². The Bertz CT molecular complexity index is 812. The highest BCUT2D eigenvalue weighted by atomic mass is 35.5. The van der Waals surface area contributed by atoms with Crippen molar-refractivity contribution >= 4 is 50.3 Å². The molecular weight excluding hydrogens is 378 g/mol. The first-order valence-corrected chi connectivity index (χ1v) is 10.7. The van der Waals surface area contributed by atoms with Gasteiger partial charge in [-0.2, -0.15) is 0 Å². The third-order valence-corrected chi connectivity index (χ3v) is 6.02. The number of amides is 1. The molecule has 0 saturated heterocycles. The molecule has 132 valence electrons. The quantitative estimate of drug-likeness (QED) is 0.772. The van der Waals surface area contributed by atoms with Gasteiger partial charge in [-0.05, 0) is 30.9 Å². The zero-order valence-electron chi connectivity index (χ0n) is 13.7. The van der Waals surface area contributed by atoms with Crippen molar-refractivity contribution in [2.45, 2.75) is 30.6 Å². The maximum atomic E-state index is 12.8. The molecule has 1 saturated carbocycles. The highest BCUT2D eigenvalue weighted by Crippen LogP contribution is 2.30. The lowest BCUT2D eigenvalue weighted by atomic mass is 10.0. The van der Waals surface area contributed by atoms with Crippen LogP contribution in [0, 0.1) is 5.92 Å². The summed E-state index contributed by atoms with van der Waals surface area (Å²) in [4.78, 5) is 21.8. The minimum absolute atomic E-state index is 0.254. The summed E-state index contributed by atoms with van der Waals surface area (Å²) >= 11 is 7.09. The van der Waals surface area contributed by atoms with Crippen LogP contribution in [-0.4, -0.2) is 26.3 Å². The number of halogens is 1. The van der Waals surface area contributed by atoms with E-state index in [1.54, 1.807) is 24.6 Å². The molecule has 1 fully saturated rings. The van der Waals surface area contributed by atoms with Gasteiger partial charge < -0.3 is 0 Å². The van der Waals surface area contributed by atoms with Crippen molar-refractivity contribution in [3.63, 3.8) is 0 Å². The number of hydrogen-bond donors (Lipinski definition) is 1. The van der Waals surface area contributed by atoms with Crippen molar-refractivity contribution in [2.24, 2.45) is 5.92 Å². The molecular formula is C17H18ClN3O2S2. The van der Waals surface area contributed by atoms with Crippen molar-refractivity contribution in [2.75, 3.05) is 11.6 Å². The molecule has 1 aliphatic rings. The van der Waals surface area contributed by atoms with Crippen LogP contribution in [0.5, 0.6) is 0 Å². The Morgan fingerprint density at radius 1 is 1.32 bits per heavy atom. The summed E-state index contributed by atoms with van der Waals surface area (Å²) < 4.78 is 12.1. The third-order valence-electron chi connectivity index (χ3n) is 4.09. The molecule has 1 aliphatic carbocycles. The summed E-state index contributed by atoms with van der Waals surface area (Å²) in [5, 5.41) is 3.25. The van der Waals surface area contributed by atoms with Crippen LogP contribution in [0.15, 0.2) is 35.5 Å². The minimum Gasteiger partial charge on any atom is -0.298 e. The van der Waals surface area contributed by atoms with Crippen molar-refractivity contribution in [3.8, 4) is 0 Å². The predicted molar refractivity (Wildman–Crippen MR) is 102 cm³/mol. The summed E-state index contributed by atoms with van der Waals surface area (Å²) in [5.74, 6) is 0.123. The van der Waals surface area contributed by atoms with Gasteiger partial charge in [0.1, 0.15) is 4.34 Å². The largest absolute Gasteiger partial charge is 0.298 e. The SMILES string of the molecule is CS(=O)c1ccc(C(=CC2CCCC2)C(=O)Nc2ncc(Cl)s2)nc1. The Hall–Kier alpha value is -1.57. The Morgan fingerprint density at radius 2 is 2.08 bits per heavy atom. The molecule has 0 radical (unpaired) electrons. The van der Waals surface area contributed by atoms with E-state index in [0.717, 1.165) is 12.8 Å². The lowest BCUT2D eigenvalue weighted by molar-refractivity contribution is -0.111. The van der Waals surface area contributed by atoms with Crippen LogP contribution in [-0.2, 0) is 15.6 Å². The second-order valence-electron chi connectivity index (χ2n) is 5.88. The number of pyridine rings is 1. The number of nitrogens with zero attached hydrogens (tertiary/aromatic N) is 2. The van der Waals surface area contributed by atoms with Gasteiger partial charge in [0.25, 0.3) is 5.91 Å². The number of nitrogens with one attached hydrogen (secondary N) is 1. The van der Waals surface area contributed by atoms with Crippen LogP contribution < -0.4 is 5.32 Å². The van der Waals surface area contributed by atoms with Gasteiger partial charge in [0.05, 0.1) is 33.2 Å². The lowest BCUT2D eigenvalue weighted by Gasteiger charge is -2.10. The highest BCUT2D eigenvalue weighted by molar-refractivity contribution is 7.84. The van der Waals surface area contributed by atoms with E-state index in [1.807, 2.05) is 6.08 Å². The summed E-state index contributed by atoms with van der Waals surface area (Å²) in [6, 6.07) is 3.49. The maximum Gasteiger partial charge on any atom is 0.259 e. The van der Waals surface area contributed by atoms with Crippen LogP contribution in [0.2, 0.25) is 4.34 Å². The predicted octanol–water partition coefficient (Wildman–Crippen LogP) is 4.14. The van der Waals surface area contributed by atoms with E-state index < -0.39 is 10.8 Å². The molecule has 5 nitrogen and oxygen atoms in total. The highest BCUT2D eigenvalue weighted by Gasteiger charge is 2.20. The lowest BCUT2D eigenvalue weighted by Crippen LogP contribution is -2.15. The number of allylic oxidation sites excluding steroid dienone is 1. The number of aromatic nitrogens is 2. The van der Waals surface area contributed by atoms with Gasteiger partial charge >= 0.3 is 0 Å². The van der Waals surface area contributed by atoms with Gasteiger partial charge in [0.15, 0.2) is 5.13 Å². The Balaban J connectivity index is 1.88. The molecule has 1 amide bonds. The first kappa shape index (κ1) is 18.2. The van der Waals surface area contributed by atoms with Crippen molar-refractivity contribution in [3.05, 3.63) is 40.6 Å². The minimum atomic E-state index is -1.10. The van der Waals surface area contributed by atoms with Gasteiger partial charge in [-0.15, -0.1) is 0 Å². The standard InChI is InChI=1S/C17H18ClN3O2S2/c1-25(23)12-6-7-14(19-9-12)13(8-11-4-2-3-5-11)16(22)21-17-20-10-15(18)24-17/h6-11H,2-5H2,1H3,(H,20,21,22). The summed E-state index contributed by atoms with van der Waals surface area (Å²) in [5.41, 5.74) is 1.09. The number of thiazole rings is 1. The molecule has 0 aliphatic heterocycles. The van der Waals surface area contributed by atoms with Gasteiger partial charge in [-0.25, -0.2) is 4.98 Å². The zero-order chi connectivity index (χ0) is 17.8. The average molecular weight is 396 g/mol. The monoisotopic (exact) mass is 395 g/mol. The fourth-order valence-electron chi connectivity index (χ4n) is 2.82. The molecule has 1 N–H and O–H groups in total. The van der Waals surface area contributed by atoms with E-state index in [0.29, 0.717) is 31.5 Å². The van der Waals surface area contributed by atoms with Crippen LogP contribution in [0.3, 0.4) is 0 Å². The van der Waals surface area contributed by atoms with E-state index in [9.17, 15) is 9.00 Å². The molecule has 25 heavy (non-hydrogen) atoms. The van der Waals surface area contributed by atoms with E-state index in [4.69, 9.17) is 11.6 Å². The molecule has 8 heteroatoms. The van der Waals surface area contributed by atoms with E-state index in [-0.39, 0.29) is 5.91 Å². The van der Waals surface area contributed by atoms with Gasteiger partial charge in [0.2, 0.25) is 0 Å². The summed E-state index contributed by atoms with van der Waals surface area (Å²) in [7, 11) is -1.10. The average Bonchev–Trinajstić information content (AvgIpc) is 3.24. The molecule has 2 heterocycles. The molecule has 0 bridgehead atoms. The topological polar surface area (TPSA) is 72.0 Å². The van der Waals surface area contributed by atoms with Crippen LogP contribution in [0.4, 0.5) is 5.13 Å². The Kier molecular flexibility index (Phi) is 5.98. The van der Waals surface area contributed by atoms with Gasteiger partial charge in [-0.1, -0.05) is 41.9 Å². The maximum absolute atomic E-state index is 12.8. The van der Waals surface area contributed by atoms with Crippen molar-refractivity contribution < 1.29 is 9.00 Å². The van der Waals surface area contributed by atoms with Crippen molar-refractivity contribution in [1.82, 2.24) is 9.97 Å². The van der Waals surface area contributed by atoms with Crippen LogP contribution in [0.25, 0.3) is 5.57 Å². The van der Waals surface area contributed by atoms with Crippen LogP contribution >= 0.6 is 22.9 Å². The molecule has 3 rings (SSSR count). The molecule has 0 spiro atoms. The number of carbonyl (C=O) groups excluding carboxylic acids is 1. The smallest absolute Gasteiger partial charge is 0.259 e. The van der Waals surface area contributed by atoms with Gasteiger partial charge in [-0.3, -0.25) is 19.3 Å². The van der Waals surface area contributed by atoms with E-state index in [2.05, 4.69) is 15.3 Å². The van der Waals surface area contributed by atoms with Crippen molar-refractivity contribution in [1.29, 1.82) is 0 Å². The summed E-state index contributed by atoms with van der Waals surface area (Å²) in [6.45, 7) is 0. The molecule has 1 atom stereocenters. The first-order chi connectivity index (χ1) is 12.0. The number of carbonyl (C=O) groups is 1. The number of anilines is 1. The number of rotatable bonds is 5. The Labute approximate surface area is 158 Å². The normalized spacial score (nSPS) is 16.8. The number of hydrogen-bond acceptors (Lipinski definition) is 5. The second-order valence-corrected chi connectivity index (χ2v) is 8.92. The third kappa shape index (κ3) is 4.74. The molecule has 1 unspecified atom stereocenters. The fourth-order valence-corrected chi connectivity index (χ4v) is 4.09. The summed E-state index contributed by atoms with van der Waals surface area (Å²) in [6.07, 6.45) is 11.2. The van der Waals surface area contributed by atoms with E-state index >= 15 is 0 Å². The molecule has 2 aromatic rings. The van der Waals surface area contributed by atoms with Gasteiger partial charge in [0, 0.05) is 12.5 Å². The zero-order valence-corrected chi connectivity index (χ0v) is 16.1.